The standard InChI is InChI=1S/C7H6O2.C4H10O/c8-7(9)6-4-2-1-3-5-6;1-4(2,3)5/h1-5H,(H,8,9);5H,1-3H3. The Kier molecular flexibility index (Phi) is 4.87. The van der Waals surface area contributed by atoms with E-state index >= 15 is 0 Å². The second kappa shape index (κ2) is 5.40. The molecule has 1 aromatic rings. The molecule has 78 valence electrons. The zero-order valence-electron chi connectivity index (χ0n) is 8.69. The summed E-state index contributed by atoms with van der Waals surface area (Å²) >= 11 is 0. The number of hydrogen-bond acceptors (Lipinski definition) is 2. The lowest BCUT2D eigenvalue weighted by Crippen LogP contribution is -2.10. The highest BCUT2D eigenvalue weighted by Crippen LogP contribution is 1.96. The van der Waals surface area contributed by atoms with Crippen LogP contribution in [0.4, 0.5) is 0 Å². The van der Waals surface area contributed by atoms with Crippen molar-refractivity contribution < 1.29 is 15.0 Å². The first-order chi connectivity index (χ1) is 6.30. The predicted molar refractivity (Wildman–Crippen MR) is 55.4 cm³/mol. The van der Waals surface area contributed by atoms with Crippen molar-refractivity contribution in [2.24, 2.45) is 0 Å². The molecule has 3 nitrogen and oxygen atoms in total. The Labute approximate surface area is 84.0 Å². The van der Waals surface area contributed by atoms with Gasteiger partial charge in [-0.3, -0.25) is 0 Å². The van der Waals surface area contributed by atoms with Crippen LogP contribution in [-0.2, 0) is 0 Å². The van der Waals surface area contributed by atoms with E-state index in [-0.39, 0.29) is 0 Å². The van der Waals surface area contributed by atoms with Crippen molar-refractivity contribution in [1.82, 2.24) is 0 Å². The molecule has 0 saturated carbocycles. The van der Waals surface area contributed by atoms with Gasteiger partial charge in [0.2, 0.25) is 0 Å². The molecular weight excluding hydrogens is 180 g/mol. The van der Waals surface area contributed by atoms with Gasteiger partial charge in [0, 0.05) is 0 Å². The lowest BCUT2D eigenvalue weighted by Gasteiger charge is -2.04. The van der Waals surface area contributed by atoms with Crippen LogP contribution in [0, 0.1) is 0 Å². The summed E-state index contributed by atoms with van der Waals surface area (Å²) in [6.45, 7) is 5.23. The van der Waals surface area contributed by atoms with Crippen LogP contribution in [0.2, 0.25) is 0 Å². The highest BCUT2D eigenvalue weighted by atomic mass is 16.4. The molecular formula is C11H16O3. The number of benzene rings is 1. The van der Waals surface area contributed by atoms with Gasteiger partial charge in [-0.2, -0.15) is 0 Å². The lowest BCUT2D eigenvalue weighted by atomic mass is 10.2. The minimum absolute atomic E-state index is 0.331. The molecule has 14 heavy (non-hydrogen) atoms. The van der Waals surface area contributed by atoms with Crippen LogP contribution in [0.1, 0.15) is 31.1 Å². The third-order valence-corrected chi connectivity index (χ3v) is 1.02. The molecule has 0 heterocycles. The van der Waals surface area contributed by atoms with Crippen molar-refractivity contribution in [2.45, 2.75) is 26.4 Å². The minimum Gasteiger partial charge on any atom is -0.478 e. The Morgan fingerprint density at radius 2 is 1.50 bits per heavy atom. The summed E-state index contributed by atoms with van der Waals surface area (Å²) in [4.78, 5) is 10.2. The Morgan fingerprint density at radius 1 is 1.14 bits per heavy atom. The van der Waals surface area contributed by atoms with Crippen molar-refractivity contribution >= 4 is 5.97 Å². The smallest absolute Gasteiger partial charge is 0.335 e. The van der Waals surface area contributed by atoms with Gasteiger partial charge in [-0.05, 0) is 32.9 Å². The summed E-state index contributed by atoms with van der Waals surface area (Å²) in [5.74, 6) is -0.879. The summed E-state index contributed by atoms with van der Waals surface area (Å²) in [7, 11) is 0. The molecule has 1 rings (SSSR count). The highest BCUT2D eigenvalue weighted by molar-refractivity contribution is 5.87. The molecule has 0 radical (unpaired) electrons. The summed E-state index contributed by atoms with van der Waals surface area (Å²) in [6.07, 6.45) is 0. The molecule has 0 spiro atoms. The van der Waals surface area contributed by atoms with Gasteiger partial charge in [0.05, 0.1) is 11.2 Å². The number of hydrogen-bond donors (Lipinski definition) is 2. The van der Waals surface area contributed by atoms with Crippen LogP contribution in [-0.4, -0.2) is 21.8 Å². The first-order valence-electron chi connectivity index (χ1n) is 4.31. The number of rotatable bonds is 1. The molecule has 2 N–H and O–H groups in total. The van der Waals surface area contributed by atoms with E-state index < -0.39 is 11.6 Å². The zero-order valence-corrected chi connectivity index (χ0v) is 8.69. The van der Waals surface area contributed by atoms with E-state index in [0.717, 1.165) is 0 Å². The van der Waals surface area contributed by atoms with Crippen LogP contribution in [0.15, 0.2) is 30.3 Å². The lowest BCUT2D eigenvalue weighted by molar-refractivity contribution is 0.0696. The first-order valence-corrected chi connectivity index (χ1v) is 4.31. The SMILES string of the molecule is CC(C)(C)O.O=C(O)c1ccccc1. The fourth-order valence-corrected chi connectivity index (χ4v) is 0.581. The largest absolute Gasteiger partial charge is 0.478 e. The third kappa shape index (κ3) is 8.74. The van der Waals surface area contributed by atoms with Crippen molar-refractivity contribution in [2.75, 3.05) is 0 Å². The third-order valence-electron chi connectivity index (χ3n) is 1.02. The van der Waals surface area contributed by atoms with E-state index in [2.05, 4.69) is 0 Å². The predicted octanol–water partition coefficient (Wildman–Crippen LogP) is 2.16. The molecule has 0 atom stereocenters. The molecule has 0 aliphatic heterocycles. The van der Waals surface area contributed by atoms with Gasteiger partial charge in [-0.1, -0.05) is 18.2 Å². The van der Waals surface area contributed by atoms with Crippen molar-refractivity contribution in [3.8, 4) is 0 Å². The van der Waals surface area contributed by atoms with Crippen LogP contribution >= 0.6 is 0 Å². The van der Waals surface area contributed by atoms with E-state index in [0.29, 0.717) is 5.56 Å². The van der Waals surface area contributed by atoms with Crippen molar-refractivity contribution in [3.63, 3.8) is 0 Å². The van der Waals surface area contributed by atoms with Crippen molar-refractivity contribution in [1.29, 1.82) is 0 Å². The molecule has 0 aromatic heterocycles. The minimum atomic E-state index is -0.879. The van der Waals surface area contributed by atoms with E-state index in [1.54, 1.807) is 51.1 Å². The summed E-state index contributed by atoms with van der Waals surface area (Å²) in [6, 6.07) is 8.30. The molecule has 0 amide bonds. The topological polar surface area (TPSA) is 57.5 Å². The fourth-order valence-electron chi connectivity index (χ4n) is 0.581. The number of carboxylic acids is 1. The second-order valence-electron chi connectivity index (χ2n) is 3.84. The normalized spacial score (nSPS) is 10.0. The molecule has 0 aliphatic carbocycles. The number of carbonyl (C=O) groups is 1. The van der Waals surface area contributed by atoms with Gasteiger partial charge >= 0.3 is 5.97 Å². The van der Waals surface area contributed by atoms with E-state index in [1.165, 1.54) is 0 Å². The van der Waals surface area contributed by atoms with E-state index in [9.17, 15) is 4.79 Å². The zero-order chi connectivity index (χ0) is 11.2. The fraction of sp³-hybridized carbons (Fsp3) is 0.364. The van der Waals surface area contributed by atoms with Gasteiger partial charge in [0.15, 0.2) is 0 Å². The van der Waals surface area contributed by atoms with Gasteiger partial charge in [-0.15, -0.1) is 0 Å². The Morgan fingerprint density at radius 3 is 1.71 bits per heavy atom. The molecule has 0 aliphatic rings. The monoisotopic (exact) mass is 196 g/mol. The molecule has 0 unspecified atom stereocenters. The highest BCUT2D eigenvalue weighted by Gasteiger charge is 1.98. The van der Waals surface area contributed by atoms with E-state index in [4.69, 9.17) is 10.2 Å². The number of aromatic carboxylic acids is 1. The molecule has 0 saturated heterocycles. The van der Waals surface area contributed by atoms with Gasteiger partial charge < -0.3 is 10.2 Å². The van der Waals surface area contributed by atoms with Crippen LogP contribution in [0.5, 0.6) is 0 Å². The number of carboxylic acid groups (broad SMARTS) is 1. The maximum atomic E-state index is 10.2. The van der Waals surface area contributed by atoms with Crippen LogP contribution in [0.25, 0.3) is 0 Å². The molecule has 1 aromatic carbocycles. The van der Waals surface area contributed by atoms with Crippen LogP contribution in [0.3, 0.4) is 0 Å². The molecule has 3 heteroatoms. The summed E-state index contributed by atoms with van der Waals surface area (Å²) in [5.41, 5.74) is -0.169. The maximum absolute atomic E-state index is 10.2. The molecule has 0 bridgehead atoms. The molecule has 0 fully saturated rings. The first kappa shape index (κ1) is 12.7. The van der Waals surface area contributed by atoms with Gasteiger partial charge in [-0.25, -0.2) is 4.79 Å². The Balaban J connectivity index is 0.000000292. The van der Waals surface area contributed by atoms with Gasteiger partial charge in [0.1, 0.15) is 0 Å². The van der Waals surface area contributed by atoms with Crippen molar-refractivity contribution in [3.05, 3.63) is 35.9 Å². The van der Waals surface area contributed by atoms with Crippen LogP contribution < -0.4 is 0 Å². The summed E-state index contributed by atoms with van der Waals surface area (Å²) < 4.78 is 0. The Bertz CT molecular complexity index is 266. The van der Waals surface area contributed by atoms with Gasteiger partial charge in [0.25, 0.3) is 0 Å². The summed E-state index contributed by atoms with van der Waals surface area (Å²) in [5, 5.41) is 16.9. The average Bonchev–Trinajstić information content (AvgIpc) is 2.03. The second-order valence-corrected chi connectivity index (χ2v) is 3.84. The quantitative estimate of drug-likeness (QED) is 0.723. The Hall–Kier alpha value is -1.35. The number of aliphatic hydroxyl groups is 1. The van der Waals surface area contributed by atoms with E-state index in [1.807, 2.05) is 0 Å². The maximum Gasteiger partial charge on any atom is 0.335 e. The average molecular weight is 196 g/mol.